The Bertz CT molecular complexity index is 107. The van der Waals surface area contributed by atoms with Crippen molar-refractivity contribution in [3.63, 3.8) is 0 Å². The molecule has 0 fully saturated rings. The van der Waals surface area contributed by atoms with Gasteiger partial charge in [0.1, 0.15) is 0 Å². The first-order chi connectivity index (χ1) is 6.10. The molecular weight excluding hydrogens is 156 g/mol. The third-order valence-corrected chi connectivity index (χ3v) is 3.09. The zero-order valence-electron chi connectivity index (χ0n) is 10.3. The normalized spacial score (nSPS) is 18.2. The van der Waals surface area contributed by atoms with Gasteiger partial charge in [-0.2, -0.15) is 0 Å². The van der Waals surface area contributed by atoms with Gasteiger partial charge in [0.25, 0.3) is 0 Å². The van der Waals surface area contributed by atoms with Gasteiger partial charge in [-0.1, -0.05) is 53.9 Å². The van der Waals surface area contributed by atoms with E-state index in [9.17, 15) is 0 Å². The summed E-state index contributed by atoms with van der Waals surface area (Å²) in [6.45, 7) is 11.8. The van der Waals surface area contributed by atoms with Crippen LogP contribution in [-0.2, 0) is 0 Å². The monoisotopic (exact) mass is 184 g/mol. The fourth-order valence-electron chi connectivity index (χ4n) is 2.25. The van der Waals surface area contributed by atoms with E-state index < -0.39 is 0 Å². The highest BCUT2D eigenvalue weighted by Crippen LogP contribution is 2.23. The third-order valence-electron chi connectivity index (χ3n) is 3.09. The molecule has 80 valence electrons. The topological polar surface area (TPSA) is 0 Å². The molecule has 0 aliphatic heterocycles. The van der Waals surface area contributed by atoms with Gasteiger partial charge in [0.05, 0.1) is 0 Å². The van der Waals surface area contributed by atoms with Crippen molar-refractivity contribution in [1.29, 1.82) is 0 Å². The van der Waals surface area contributed by atoms with Crippen LogP contribution in [0.15, 0.2) is 0 Å². The highest BCUT2D eigenvalue weighted by molar-refractivity contribution is 4.62. The Kier molecular flexibility index (Phi) is 7.41. The fraction of sp³-hybridized carbons (Fsp3) is 1.00. The number of hydrogen-bond donors (Lipinski definition) is 0. The highest BCUT2D eigenvalue weighted by atomic mass is 14.2. The minimum Gasteiger partial charge on any atom is -0.0654 e. The predicted octanol–water partition coefficient (Wildman–Crippen LogP) is 4.89. The van der Waals surface area contributed by atoms with Gasteiger partial charge in [-0.05, 0) is 30.6 Å². The van der Waals surface area contributed by atoms with Gasteiger partial charge in [0.2, 0.25) is 0 Å². The quantitative estimate of drug-likeness (QED) is 0.528. The molecule has 0 aliphatic rings. The zero-order valence-corrected chi connectivity index (χ0v) is 10.3. The summed E-state index contributed by atoms with van der Waals surface area (Å²) in [5.74, 6) is 2.78. The SMILES string of the molecule is CCC[C@@H](C)C[C@@H](C)C[C@H](C)CC. The lowest BCUT2D eigenvalue weighted by Gasteiger charge is -2.19. The van der Waals surface area contributed by atoms with Crippen LogP contribution in [0.5, 0.6) is 0 Å². The van der Waals surface area contributed by atoms with E-state index in [0.717, 1.165) is 17.8 Å². The molecule has 0 spiro atoms. The Balaban J connectivity index is 3.54. The van der Waals surface area contributed by atoms with Gasteiger partial charge < -0.3 is 0 Å². The van der Waals surface area contributed by atoms with E-state index >= 15 is 0 Å². The average molecular weight is 184 g/mol. The van der Waals surface area contributed by atoms with Crippen LogP contribution in [0.25, 0.3) is 0 Å². The van der Waals surface area contributed by atoms with E-state index in [0.29, 0.717) is 0 Å². The number of hydrogen-bond acceptors (Lipinski definition) is 0. The largest absolute Gasteiger partial charge is 0.0654 e. The van der Waals surface area contributed by atoms with E-state index in [1.165, 1.54) is 32.1 Å². The van der Waals surface area contributed by atoms with Crippen LogP contribution < -0.4 is 0 Å². The molecule has 0 amide bonds. The van der Waals surface area contributed by atoms with Crippen molar-refractivity contribution in [2.45, 2.75) is 66.7 Å². The molecule has 0 aromatic heterocycles. The van der Waals surface area contributed by atoms with Crippen LogP contribution in [0.1, 0.15) is 66.7 Å². The maximum absolute atomic E-state index is 2.42. The molecule has 0 radical (unpaired) electrons. The summed E-state index contributed by atoms with van der Waals surface area (Å²) in [4.78, 5) is 0. The molecule has 0 rings (SSSR count). The van der Waals surface area contributed by atoms with E-state index in [1.807, 2.05) is 0 Å². The van der Waals surface area contributed by atoms with Gasteiger partial charge in [-0.3, -0.25) is 0 Å². The first kappa shape index (κ1) is 13.0. The minimum atomic E-state index is 0.920. The van der Waals surface area contributed by atoms with Crippen molar-refractivity contribution in [3.8, 4) is 0 Å². The van der Waals surface area contributed by atoms with Crippen molar-refractivity contribution in [3.05, 3.63) is 0 Å². The summed E-state index contributed by atoms with van der Waals surface area (Å²) in [7, 11) is 0. The molecule has 0 aliphatic carbocycles. The number of rotatable bonds is 7. The lowest BCUT2D eigenvalue weighted by Crippen LogP contribution is -2.07. The first-order valence-corrected chi connectivity index (χ1v) is 6.10. The van der Waals surface area contributed by atoms with Crippen molar-refractivity contribution in [1.82, 2.24) is 0 Å². The Hall–Kier alpha value is 0. The van der Waals surface area contributed by atoms with Crippen LogP contribution in [0, 0.1) is 17.8 Å². The molecule has 0 aromatic rings. The third kappa shape index (κ3) is 7.10. The van der Waals surface area contributed by atoms with Crippen LogP contribution in [0.3, 0.4) is 0 Å². The Morgan fingerprint density at radius 2 is 1.31 bits per heavy atom. The Morgan fingerprint density at radius 1 is 0.769 bits per heavy atom. The van der Waals surface area contributed by atoms with E-state index in [1.54, 1.807) is 0 Å². The maximum Gasteiger partial charge on any atom is -0.0438 e. The predicted molar refractivity (Wildman–Crippen MR) is 61.9 cm³/mol. The second-order valence-corrected chi connectivity index (χ2v) is 4.98. The van der Waals surface area contributed by atoms with Gasteiger partial charge >= 0.3 is 0 Å². The fourth-order valence-corrected chi connectivity index (χ4v) is 2.25. The summed E-state index contributed by atoms with van der Waals surface area (Å²) in [6.07, 6.45) is 6.94. The molecule has 0 saturated heterocycles. The second kappa shape index (κ2) is 7.41. The second-order valence-electron chi connectivity index (χ2n) is 4.98. The zero-order chi connectivity index (χ0) is 10.3. The van der Waals surface area contributed by atoms with Crippen molar-refractivity contribution < 1.29 is 0 Å². The lowest BCUT2D eigenvalue weighted by molar-refractivity contribution is 0.328. The van der Waals surface area contributed by atoms with E-state index in [-0.39, 0.29) is 0 Å². The van der Waals surface area contributed by atoms with Gasteiger partial charge in [0, 0.05) is 0 Å². The summed E-state index contributed by atoms with van der Waals surface area (Å²) in [5.41, 5.74) is 0. The summed E-state index contributed by atoms with van der Waals surface area (Å²) < 4.78 is 0. The summed E-state index contributed by atoms with van der Waals surface area (Å²) in [6, 6.07) is 0. The molecule has 0 heteroatoms. The standard InChI is InChI=1S/C13H28/c1-6-8-12(4)10-13(5)9-11(3)7-2/h11-13H,6-10H2,1-5H3/t11-,12-,13+/m1/s1. The highest BCUT2D eigenvalue weighted by Gasteiger charge is 2.10. The van der Waals surface area contributed by atoms with Crippen molar-refractivity contribution in [2.75, 3.05) is 0 Å². The molecule has 0 heterocycles. The van der Waals surface area contributed by atoms with Gasteiger partial charge in [-0.25, -0.2) is 0 Å². The molecule has 0 bridgehead atoms. The van der Waals surface area contributed by atoms with Crippen molar-refractivity contribution >= 4 is 0 Å². The van der Waals surface area contributed by atoms with E-state index in [4.69, 9.17) is 0 Å². The molecule has 0 aromatic carbocycles. The summed E-state index contributed by atoms with van der Waals surface area (Å²) in [5, 5.41) is 0. The molecule has 0 saturated carbocycles. The minimum absolute atomic E-state index is 0.920. The van der Waals surface area contributed by atoms with Gasteiger partial charge in [-0.15, -0.1) is 0 Å². The molecule has 3 atom stereocenters. The average Bonchev–Trinajstić information content (AvgIpc) is 2.04. The van der Waals surface area contributed by atoms with Crippen LogP contribution >= 0.6 is 0 Å². The Morgan fingerprint density at radius 3 is 1.77 bits per heavy atom. The lowest BCUT2D eigenvalue weighted by atomic mass is 9.87. The van der Waals surface area contributed by atoms with Crippen LogP contribution in [0.2, 0.25) is 0 Å². The smallest absolute Gasteiger partial charge is 0.0438 e. The van der Waals surface area contributed by atoms with E-state index in [2.05, 4.69) is 34.6 Å². The maximum atomic E-state index is 2.42. The first-order valence-electron chi connectivity index (χ1n) is 6.10. The molecule has 0 N–H and O–H groups in total. The summed E-state index contributed by atoms with van der Waals surface area (Å²) >= 11 is 0. The van der Waals surface area contributed by atoms with Gasteiger partial charge in [0.15, 0.2) is 0 Å². The van der Waals surface area contributed by atoms with Crippen LogP contribution in [-0.4, -0.2) is 0 Å². The molecular formula is C13H28. The molecule has 0 nitrogen and oxygen atoms in total. The van der Waals surface area contributed by atoms with Crippen LogP contribution in [0.4, 0.5) is 0 Å². The molecule has 13 heavy (non-hydrogen) atoms. The molecule has 0 unspecified atom stereocenters. The van der Waals surface area contributed by atoms with Crippen molar-refractivity contribution in [2.24, 2.45) is 17.8 Å². The Labute approximate surface area is 85.1 Å².